The molecule has 0 fully saturated rings. The van der Waals surface area contributed by atoms with Gasteiger partial charge in [0.15, 0.2) is 0 Å². The number of halogens is 1. The zero-order valence-electron chi connectivity index (χ0n) is 14.5. The van der Waals surface area contributed by atoms with Crippen LogP contribution in [0.25, 0.3) is 0 Å². The maximum Gasteiger partial charge on any atom is 0.331 e. The average Bonchev–Trinajstić information content (AvgIpc) is 2.54. The summed E-state index contributed by atoms with van der Waals surface area (Å²) in [7, 11) is 0. The van der Waals surface area contributed by atoms with E-state index in [2.05, 4.69) is 48.0 Å². The summed E-state index contributed by atoms with van der Waals surface area (Å²) in [6.07, 6.45) is 4.36. The van der Waals surface area contributed by atoms with Crippen LogP contribution in [0.1, 0.15) is 32.8 Å². The van der Waals surface area contributed by atoms with Gasteiger partial charge >= 0.3 is 5.97 Å². The molecule has 3 nitrogen and oxygen atoms in total. The number of allylic oxidation sites excluding steroid dienone is 1. The normalized spacial score (nSPS) is 21.0. The Balaban J connectivity index is 1.89. The van der Waals surface area contributed by atoms with E-state index in [4.69, 9.17) is 9.47 Å². The Kier molecular flexibility index (Phi) is 7.25. The summed E-state index contributed by atoms with van der Waals surface area (Å²) in [6.45, 7) is 7.35. The van der Waals surface area contributed by atoms with E-state index < -0.39 is 0 Å². The van der Waals surface area contributed by atoms with Crippen LogP contribution in [0.4, 0.5) is 0 Å². The van der Waals surface area contributed by atoms with E-state index in [1.165, 1.54) is 0 Å². The number of hydrogen-bond acceptors (Lipinski definition) is 3. The van der Waals surface area contributed by atoms with Gasteiger partial charge in [0.25, 0.3) is 0 Å². The molecule has 1 aliphatic rings. The Labute approximate surface area is 152 Å². The zero-order valence-corrected chi connectivity index (χ0v) is 16.1. The van der Waals surface area contributed by atoms with Gasteiger partial charge in [-0.25, -0.2) is 4.79 Å². The van der Waals surface area contributed by atoms with Gasteiger partial charge in [0.2, 0.25) is 0 Å². The molecule has 130 valence electrons. The Morgan fingerprint density at radius 2 is 2.08 bits per heavy atom. The minimum Gasteiger partial charge on any atom is -0.458 e. The second-order valence-corrected chi connectivity index (χ2v) is 7.66. The maximum absolute atomic E-state index is 11.9. The van der Waals surface area contributed by atoms with Crippen molar-refractivity contribution in [3.63, 3.8) is 0 Å². The third-order valence-electron chi connectivity index (χ3n) is 4.20. The minimum absolute atomic E-state index is 0.110. The van der Waals surface area contributed by atoms with Crippen molar-refractivity contribution in [3.8, 4) is 0 Å². The third kappa shape index (κ3) is 5.91. The summed E-state index contributed by atoms with van der Waals surface area (Å²) in [5.41, 5.74) is 2.27. The van der Waals surface area contributed by atoms with Gasteiger partial charge in [-0.3, -0.25) is 0 Å². The van der Waals surface area contributed by atoms with Crippen molar-refractivity contribution in [1.82, 2.24) is 0 Å². The Morgan fingerprint density at radius 1 is 1.38 bits per heavy atom. The van der Waals surface area contributed by atoms with Crippen molar-refractivity contribution in [2.75, 3.05) is 6.61 Å². The molecule has 2 rings (SSSR count). The predicted molar refractivity (Wildman–Crippen MR) is 99.7 cm³/mol. The largest absolute Gasteiger partial charge is 0.458 e. The SMILES string of the molecule is C/C(Br)=C/[C@@H](C)[C@@H]1CC([C@H](C)COCc2ccccc2)=CC(=O)O1. The number of carbonyl (C=O) groups is 1. The Morgan fingerprint density at radius 3 is 2.75 bits per heavy atom. The summed E-state index contributed by atoms with van der Waals surface area (Å²) in [5.74, 6) is 0.128. The molecule has 0 N–H and O–H groups in total. The van der Waals surface area contributed by atoms with Crippen molar-refractivity contribution in [1.29, 1.82) is 0 Å². The molecule has 0 saturated carbocycles. The number of cyclic esters (lactones) is 1. The van der Waals surface area contributed by atoms with E-state index in [0.717, 1.165) is 22.0 Å². The molecule has 1 aromatic carbocycles. The Bertz CT molecular complexity index is 603. The van der Waals surface area contributed by atoms with Crippen molar-refractivity contribution in [3.05, 3.63) is 58.1 Å². The highest BCUT2D eigenvalue weighted by atomic mass is 79.9. The topological polar surface area (TPSA) is 35.5 Å². The molecule has 0 unspecified atom stereocenters. The lowest BCUT2D eigenvalue weighted by Gasteiger charge is -2.29. The van der Waals surface area contributed by atoms with E-state index in [0.29, 0.717) is 13.2 Å². The fourth-order valence-electron chi connectivity index (χ4n) is 2.81. The molecule has 3 atom stereocenters. The Hall–Kier alpha value is -1.39. The van der Waals surface area contributed by atoms with E-state index in [1.807, 2.05) is 25.1 Å². The molecule has 0 aromatic heterocycles. The number of ether oxygens (including phenoxy) is 2. The molecule has 0 aliphatic carbocycles. The summed E-state index contributed by atoms with van der Waals surface area (Å²) >= 11 is 3.44. The van der Waals surface area contributed by atoms with Crippen LogP contribution in [0, 0.1) is 11.8 Å². The lowest BCUT2D eigenvalue weighted by Crippen LogP contribution is -2.30. The summed E-state index contributed by atoms with van der Waals surface area (Å²) in [6, 6.07) is 10.1. The van der Waals surface area contributed by atoms with Gasteiger partial charge in [0, 0.05) is 24.3 Å². The molecule has 1 aromatic rings. The number of benzene rings is 1. The summed E-state index contributed by atoms with van der Waals surface area (Å²) in [5, 5.41) is 0. The van der Waals surface area contributed by atoms with Crippen molar-refractivity contribution in [2.45, 2.75) is 39.9 Å². The molecule has 1 heterocycles. The quantitative estimate of drug-likeness (QED) is 0.611. The van der Waals surface area contributed by atoms with Gasteiger partial charge in [-0.1, -0.05) is 71.8 Å². The number of carbonyl (C=O) groups excluding carboxylic acids is 1. The van der Waals surface area contributed by atoms with Crippen molar-refractivity contribution >= 4 is 21.9 Å². The molecule has 4 heteroatoms. The standard InChI is InChI=1S/C20H25BrO3/c1-14(9-16(3)21)19-10-18(11-20(22)24-19)15(2)12-23-13-17-7-5-4-6-8-17/h4-9,11,14-15,19H,10,12-13H2,1-3H3/b16-9-/t14-,15-,19+/m1/s1. The van der Waals surface area contributed by atoms with Crippen molar-refractivity contribution < 1.29 is 14.3 Å². The highest BCUT2D eigenvalue weighted by Crippen LogP contribution is 2.28. The van der Waals surface area contributed by atoms with Gasteiger partial charge in [-0.15, -0.1) is 0 Å². The molecular weight excluding hydrogens is 368 g/mol. The van der Waals surface area contributed by atoms with Crippen LogP contribution in [0.3, 0.4) is 0 Å². The lowest BCUT2D eigenvalue weighted by atomic mass is 9.89. The molecule has 24 heavy (non-hydrogen) atoms. The molecular formula is C20H25BrO3. The van der Waals surface area contributed by atoms with Crippen LogP contribution in [0.5, 0.6) is 0 Å². The van der Waals surface area contributed by atoms with Crippen LogP contribution < -0.4 is 0 Å². The molecule has 1 aliphatic heterocycles. The highest BCUT2D eigenvalue weighted by Gasteiger charge is 2.27. The number of hydrogen-bond donors (Lipinski definition) is 0. The summed E-state index contributed by atoms with van der Waals surface area (Å²) in [4.78, 5) is 11.9. The zero-order chi connectivity index (χ0) is 17.5. The van der Waals surface area contributed by atoms with E-state index in [-0.39, 0.29) is 23.9 Å². The van der Waals surface area contributed by atoms with Gasteiger partial charge in [-0.2, -0.15) is 0 Å². The molecule has 0 saturated heterocycles. The van der Waals surface area contributed by atoms with Crippen LogP contribution in [-0.2, 0) is 20.9 Å². The first-order valence-electron chi connectivity index (χ1n) is 8.32. The van der Waals surface area contributed by atoms with Gasteiger partial charge in [0.1, 0.15) is 6.10 Å². The van der Waals surface area contributed by atoms with Gasteiger partial charge in [0.05, 0.1) is 13.2 Å². The monoisotopic (exact) mass is 392 g/mol. The van der Waals surface area contributed by atoms with E-state index in [9.17, 15) is 4.79 Å². The molecule has 0 bridgehead atoms. The summed E-state index contributed by atoms with van der Waals surface area (Å²) < 4.78 is 12.4. The fraction of sp³-hybridized carbons (Fsp3) is 0.450. The first kappa shape index (κ1) is 18.9. The fourth-order valence-corrected chi connectivity index (χ4v) is 3.23. The molecule has 0 spiro atoms. The van der Waals surface area contributed by atoms with Crippen LogP contribution in [0.15, 0.2) is 52.5 Å². The second-order valence-electron chi connectivity index (χ2n) is 6.41. The van der Waals surface area contributed by atoms with E-state index >= 15 is 0 Å². The minimum atomic E-state index is -0.247. The van der Waals surface area contributed by atoms with Gasteiger partial charge < -0.3 is 9.47 Å². The van der Waals surface area contributed by atoms with E-state index in [1.54, 1.807) is 6.08 Å². The average molecular weight is 393 g/mol. The molecule has 0 radical (unpaired) electrons. The van der Waals surface area contributed by atoms with Crippen LogP contribution >= 0.6 is 15.9 Å². The predicted octanol–water partition coefficient (Wildman–Crippen LogP) is 5.02. The second kappa shape index (κ2) is 9.19. The maximum atomic E-state index is 11.9. The van der Waals surface area contributed by atoms with Crippen LogP contribution in [0.2, 0.25) is 0 Å². The van der Waals surface area contributed by atoms with Crippen LogP contribution in [-0.4, -0.2) is 18.7 Å². The van der Waals surface area contributed by atoms with Crippen molar-refractivity contribution in [2.24, 2.45) is 11.8 Å². The molecule has 0 amide bonds. The smallest absolute Gasteiger partial charge is 0.331 e. The van der Waals surface area contributed by atoms with Gasteiger partial charge in [-0.05, 0) is 17.0 Å². The lowest BCUT2D eigenvalue weighted by molar-refractivity contribution is -0.146. The first-order valence-corrected chi connectivity index (χ1v) is 9.11. The highest BCUT2D eigenvalue weighted by molar-refractivity contribution is 9.11. The third-order valence-corrected chi connectivity index (χ3v) is 4.46. The number of esters is 1. The number of rotatable bonds is 7. The first-order chi connectivity index (χ1) is 11.5.